The molecule has 0 spiro atoms. The Morgan fingerprint density at radius 1 is 1.44 bits per heavy atom. The lowest BCUT2D eigenvalue weighted by Crippen LogP contribution is -2.12. The summed E-state index contributed by atoms with van der Waals surface area (Å²) in [6.07, 6.45) is -4.48. The van der Waals surface area contributed by atoms with Crippen molar-refractivity contribution in [2.45, 2.75) is 12.2 Å². The standard InChI is InChI=1S/C11H11F3N2O2/c1-17-6-2-3-7(8(4-6)11(12,13)14)9-5-18-10(15)16-9/h2-4,9H,5H2,1H3,(H2,15,16)/t9-/m1/s1. The Labute approximate surface area is 101 Å². The van der Waals surface area contributed by atoms with Gasteiger partial charge in [0.15, 0.2) is 0 Å². The van der Waals surface area contributed by atoms with Crippen LogP contribution < -0.4 is 10.5 Å². The fourth-order valence-corrected chi connectivity index (χ4v) is 1.75. The van der Waals surface area contributed by atoms with Crippen molar-refractivity contribution in [3.63, 3.8) is 0 Å². The van der Waals surface area contributed by atoms with E-state index in [1.54, 1.807) is 0 Å². The molecule has 0 aliphatic carbocycles. The maximum atomic E-state index is 12.9. The lowest BCUT2D eigenvalue weighted by atomic mass is 10.0. The second kappa shape index (κ2) is 4.40. The molecule has 0 bridgehead atoms. The number of rotatable bonds is 2. The highest BCUT2D eigenvalue weighted by Crippen LogP contribution is 2.38. The number of hydrogen-bond donors (Lipinski definition) is 1. The number of aliphatic imine (C=N–C) groups is 1. The van der Waals surface area contributed by atoms with Crippen molar-refractivity contribution in [2.75, 3.05) is 13.7 Å². The van der Waals surface area contributed by atoms with Crippen LogP contribution in [0.15, 0.2) is 23.2 Å². The Kier molecular flexibility index (Phi) is 3.06. The number of halogens is 3. The van der Waals surface area contributed by atoms with Gasteiger partial charge >= 0.3 is 6.18 Å². The summed E-state index contributed by atoms with van der Waals surface area (Å²) in [5.74, 6) is 0.141. The molecule has 1 aromatic carbocycles. The van der Waals surface area contributed by atoms with E-state index in [1.807, 2.05) is 0 Å². The first kappa shape index (κ1) is 12.5. The molecule has 98 valence electrons. The van der Waals surface area contributed by atoms with E-state index in [1.165, 1.54) is 19.2 Å². The molecule has 0 fully saturated rings. The van der Waals surface area contributed by atoms with Crippen molar-refractivity contribution >= 4 is 6.02 Å². The topological polar surface area (TPSA) is 56.8 Å². The second-order valence-electron chi connectivity index (χ2n) is 3.75. The van der Waals surface area contributed by atoms with Gasteiger partial charge in [-0.2, -0.15) is 13.2 Å². The minimum atomic E-state index is -4.48. The molecule has 0 amide bonds. The summed E-state index contributed by atoms with van der Waals surface area (Å²) in [7, 11) is 1.31. The van der Waals surface area contributed by atoms with Gasteiger partial charge in [-0.3, -0.25) is 0 Å². The van der Waals surface area contributed by atoms with Crippen molar-refractivity contribution in [1.29, 1.82) is 0 Å². The lowest BCUT2D eigenvalue weighted by molar-refractivity contribution is -0.138. The molecule has 0 radical (unpaired) electrons. The summed E-state index contributed by atoms with van der Waals surface area (Å²) >= 11 is 0. The molecule has 2 rings (SSSR count). The molecular weight excluding hydrogens is 249 g/mol. The number of amidine groups is 1. The van der Waals surface area contributed by atoms with Gasteiger partial charge in [0.05, 0.1) is 12.7 Å². The predicted octanol–water partition coefficient (Wildman–Crippen LogP) is 2.10. The summed E-state index contributed by atoms with van der Waals surface area (Å²) in [4.78, 5) is 3.82. The number of nitrogens with zero attached hydrogens (tertiary/aromatic N) is 1. The summed E-state index contributed by atoms with van der Waals surface area (Å²) in [6, 6.07) is 2.91. The van der Waals surface area contributed by atoms with Crippen LogP contribution in [0.3, 0.4) is 0 Å². The number of methoxy groups -OCH3 is 1. The van der Waals surface area contributed by atoms with E-state index in [0.29, 0.717) is 0 Å². The molecule has 1 heterocycles. The largest absolute Gasteiger partial charge is 0.497 e. The maximum absolute atomic E-state index is 12.9. The molecule has 1 aliphatic heterocycles. The zero-order valence-corrected chi connectivity index (χ0v) is 9.49. The molecule has 1 aromatic rings. The van der Waals surface area contributed by atoms with Crippen LogP contribution in [0.5, 0.6) is 5.75 Å². The third-order valence-corrected chi connectivity index (χ3v) is 2.60. The van der Waals surface area contributed by atoms with Crippen molar-refractivity contribution in [3.05, 3.63) is 29.3 Å². The van der Waals surface area contributed by atoms with Crippen molar-refractivity contribution < 1.29 is 22.6 Å². The van der Waals surface area contributed by atoms with Gasteiger partial charge in [0.2, 0.25) is 0 Å². The van der Waals surface area contributed by atoms with E-state index in [4.69, 9.17) is 15.2 Å². The van der Waals surface area contributed by atoms with Gasteiger partial charge in [0.1, 0.15) is 18.4 Å². The molecular formula is C11H11F3N2O2. The Balaban J connectivity index is 2.47. The van der Waals surface area contributed by atoms with Crippen LogP contribution in [0.2, 0.25) is 0 Å². The minimum Gasteiger partial charge on any atom is -0.497 e. The van der Waals surface area contributed by atoms with Gasteiger partial charge in [0, 0.05) is 0 Å². The summed E-state index contributed by atoms with van der Waals surface area (Å²) < 4.78 is 48.5. The first-order valence-corrected chi connectivity index (χ1v) is 5.13. The SMILES string of the molecule is COc1ccc([C@H]2COC(N)=N2)c(C(F)(F)F)c1. The molecule has 1 atom stereocenters. The first-order valence-electron chi connectivity index (χ1n) is 5.13. The van der Waals surface area contributed by atoms with E-state index in [9.17, 15) is 13.2 Å². The quantitative estimate of drug-likeness (QED) is 0.885. The molecule has 7 heteroatoms. The maximum Gasteiger partial charge on any atom is 0.416 e. The monoisotopic (exact) mass is 260 g/mol. The van der Waals surface area contributed by atoms with Crippen LogP contribution in [0, 0.1) is 0 Å². The van der Waals surface area contributed by atoms with Crippen molar-refractivity contribution in [1.82, 2.24) is 0 Å². The summed E-state index contributed by atoms with van der Waals surface area (Å²) in [6.45, 7) is 0.0151. The van der Waals surface area contributed by atoms with Crippen LogP contribution in [-0.2, 0) is 10.9 Å². The smallest absolute Gasteiger partial charge is 0.416 e. The van der Waals surface area contributed by atoms with Gasteiger partial charge in [-0.1, -0.05) is 6.07 Å². The lowest BCUT2D eigenvalue weighted by Gasteiger charge is -2.16. The normalized spacial score (nSPS) is 19.3. The van der Waals surface area contributed by atoms with E-state index in [-0.39, 0.29) is 23.9 Å². The zero-order valence-electron chi connectivity index (χ0n) is 9.49. The van der Waals surface area contributed by atoms with Crippen LogP contribution in [0.4, 0.5) is 13.2 Å². The fraction of sp³-hybridized carbons (Fsp3) is 0.364. The molecule has 4 nitrogen and oxygen atoms in total. The van der Waals surface area contributed by atoms with E-state index >= 15 is 0 Å². The third kappa shape index (κ3) is 2.34. The second-order valence-corrected chi connectivity index (χ2v) is 3.75. The molecule has 0 saturated heterocycles. The first-order chi connectivity index (χ1) is 8.41. The van der Waals surface area contributed by atoms with Crippen LogP contribution >= 0.6 is 0 Å². The van der Waals surface area contributed by atoms with Crippen molar-refractivity contribution in [2.24, 2.45) is 10.7 Å². The number of benzene rings is 1. The Bertz CT molecular complexity index is 486. The average molecular weight is 260 g/mol. The van der Waals surface area contributed by atoms with Gasteiger partial charge in [0.25, 0.3) is 6.02 Å². The summed E-state index contributed by atoms with van der Waals surface area (Å²) in [5, 5.41) is 0. The number of ether oxygens (including phenoxy) is 2. The predicted molar refractivity (Wildman–Crippen MR) is 58.3 cm³/mol. The van der Waals surface area contributed by atoms with Crippen LogP contribution in [0.1, 0.15) is 17.2 Å². The number of hydrogen-bond acceptors (Lipinski definition) is 4. The molecule has 1 aliphatic rings. The highest BCUT2D eigenvalue weighted by Gasteiger charge is 2.37. The fourth-order valence-electron chi connectivity index (χ4n) is 1.75. The molecule has 0 saturated carbocycles. The van der Waals surface area contributed by atoms with Gasteiger partial charge in [-0.15, -0.1) is 0 Å². The van der Waals surface area contributed by atoms with Gasteiger partial charge < -0.3 is 15.2 Å². The Hall–Kier alpha value is -1.92. The minimum absolute atomic E-state index is 0.0151. The van der Waals surface area contributed by atoms with Gasteiger partial charge in [-0.05, 0) is 17.7 Å². The molecule has 0 unspecified atom stereocenters. The number of nitrogens with two attached hydrogens (primary N) is 1. The average Bonchev–Trinajstić information content (AvgIpc) is 2.74. The Morgan fingerprint density at radius 3 is 2.67 bits per heavy atom. The Morgan fingerprint density at radius 2 is 2.17 bits per heavy atom. The van der Waals surface area contributed by atoms with E-state index in [0.717, 1.165) is 6.07 Å². The molecule has 0 aromatic heterocycles. The highest BCUT2D eigenvalue weighted by atomic mass is 19.4. The van der Waals surface area contributed by atoms with E-state index < -0.39 is 17.8 Å². The highest BCUT2D eigenvalue weighted by molar-refractivity contribution is 5.73. The third-order valence-electron chi connectivity index (χ3n) is 2.60. The molecule has 2 N–H and O–H groups in total. The summed E-state index contributed by atoms with van der Waals surface area (Å²) in [5.41, 5.74) is 4.55. The van der Waals surface area contributed by atoms with Crippen LogP contribution in [-0.4, -0.2) is 19.7 Å². The number of alkyl halides is 3. The van der Waals surface area contributed by atoms with Crippen molar-refractivity contribution in [3.8, 4) is 5.75 Å². The van der Waals surface area contributed by atoms with Crippen LogP contribution in [0.25, 0.3) is 0 Å². The molecule has 18 heavy (non-hydrogen) atoms. The zero-order chi connectivity index (χ0) is 13.3. The van der Waals surface area contributed by atoms with Gasteiger partial charge in [-0.25, -0.2) is 4.99 Å². The van der Waals surface area contributed by atoms with E-state index in [2.05, 4.69) is 4.99 Å².